The lowest BCUT2D eigenvalue weighted by molar-refractivity contribution is -0.171. The van der Waals surface area contributed by atoms with Crippen molar-refractivity contribution in [3.8, 4) is 0 Å². The van der Waals surface area contributed by atoms with E-state index in [-0.39, 0.29) is 18.3 Å². The molecule has 0 spiro atoms. The van der Waals surface area contributed by atoms with Gasteiger partial charge in [0.15, 0.2) is 0 Å². The lowest BCUT2D eigenvalue weighted by Gasteiger charge is -2.37. The molecule has 1 aliphatic heterocycles. The van der Waals surface area contributed by atoms with Gasteiger partial charge in [0, 0.05) is 13.5 Å². The highest BCUT2D eigenvalue weighted by Crippen LogP contribution is 2.24. The van der Waals surface area contributed by atoms with Gasteiger partial charge in [-0.1, -0.05) is 13.3 Å². The molecule has 0 aromatic carbocycles. The molecule has 0 unspecified atom stereocenters. The van der Waals surface area contributed by atoms with Crippen molar-refractivity contribution >= 4 is 0 Å². The van der Waals surface area contributed by atoms with Gasteiger partial charge in [-0.2, -0.15) is 0 Å². The van der Waals surface area contributed by atoms with Gasteiger partial charge in [-0.05, 0) is 13.3 Å². The average molecular weight is 188 g/mol. The van der Waals surface area contributed by atoms with E-state index in [4.69, 9.17) is 9.47 Å². The van der Waals surface area contributed by atoms with Crippen molar-refractivity contribution in [2.75, 3.05) is 7.11 Å². The first kappa shape index (κ1) is 11.0. The summed E-state index contributed by atoms with van der Waals surface area (Å²) in [5.74, 6) is 0. The fourth-order valence-corrected chi connectivity index (χ4v) is 1.88. The summed E-state index contributed by atoms with van der Waals surface area (Å²) in [5.41, 5.74) is 0. The number of ether oxygens (including phenoxy) is 2. The first-order chi connectivity index (χ1) is 6.19. The van der Waals surface area contributed by atoms with Gasteiger partial charge in [0.25, 0.3) is 0 Å². The van der Waals surface area contributed by atoms with Crippen molar-refractivity contribution in [1.29, 1.82) is 0 Å². The van der Waals surface area contributed by atoms with Crippen molar-refractivity contribution in [2.24, 2.45) is 0 Å². The fraction of sp³-hybridized carbons (Fsp3) is 1.00. The van der Waals surface area contributed by atoms with Gasteiger partial charge < -0.3 is 14.6 Å². The zero-order valence-electron chi connectivity index (χ0n) is 8.69. The molecule has 0 amide bonds. The Morgan fingerprint density at radius 3 is 2.77 bits per heavy atom. The third kappa shape index (κ3) is 2.66. The summed E-state index contributed by atoms with van der Waals surface area (Å²) in [6.45, 7) is 4.04. The van der Waals surface area contributed by atoms with Crippen LogP contribution >= 0.6 is 0 Å². The quantitative estimate of drug-likeness (QED) is 0.726. The van der Waals surface area contributed by atoms with Crippen molar-refractivity contribution in [1.82, 2.24) is 0 Å². The van der Waals surface area contributed by atoms with Crippen LogP contribution in [0, 0.1) is 0 Å². The molecule has 1 saturated heterocycles. The van der Waals surface area contributed by atoms with Crippen LogP contribution in [0.4, 0.5) is 0 Å². The maximum absolute atomic E-state index is 9.67. The van der Waals surface area contributed by atoms with Crippen molar-refractivity contribution in [2.45, 2.75) is 57.5 Å². The van der Waals surface area contributed by atoms with Crippen molar-refractivity contribution < 1.29 is 14.6 Å². The summed E-state index contributed by atoms with van der Waals surface area (Å²) in [4.78, 5) is 0. The molecule has 1 N–H and O–H groups in total. The summed E-state index contributed by atoms with van der Waals surface area (Å²) in [6, 6.07) is 0. The van der Waals surface area contributed by atoms with E-state index in [0.717, 1.165) is 19.3 Å². The maximum atomic E-state index is 9.67. The minimum Gasteiger partial charge on any atom is -0.388 e. The van der Waals surface area contributed by atoms with Crippen molar-refractivity contribution in [3.05, 3.63) is 0 Å². The molecule has 78 valence electrons. The van der Waals surface area contributed by atoms with Gasteiger partial charge in [0.05, 0.1) is 18.3 Å². The van der Waals surface area contributed by atoms with E-state index in [1.165, 1.54) is 0 Å². The number of aliphatic hydroxyl groups excluding tert-OH is 1. The Labute approximate surface area is 80.0 Å². The van der Waals surface area contributed by atoms with E-state index in [0.29, 0.717) is 0 Å². The van der Waals surface area contributed by atoms with Crippen LogP contribution < -0.4 is 0 Å². The molecule has 3 nitrogen and oxygen atoms in total. The molecular formula is C10H20O3. The number of aliphatic hydroxyl groups is 1. The molecule has 3 heteroatoms. The number of methoxy groups -OCH3 is 1. The summed E-state index contributed by atoms with van der Waals surface area (Å²) in [6.07, 6.45) is 2.61. The standard InChI is InChI=1S/C10H20O3/c1-4-5-8-6-9(12-3)10(11)7(2)13-8/h7-11H,4-6H2,1-3H3/t7-,8-,9-,10-/m0/s1. The van der Waals surface area contributed by atoms with Gasteiger partial charge in [0.1, 0.15) is 6.10 Å². The molecule has 0 bridgehead atoms. The topological polar surface area (TPSA) is 38.7 Å². The van der Waals surface area contributed by atoms with E-state index in [1.807, 2.05) is 6.92 Å². The molecule has 1 rings (SSSR count). The molecule has 1 aliphatic rings. The first-order valence-electron chi connectivity index (χ1n) is 5.05. The SMILES string of the molecule is CCC[C@H]1C[C@H](OC)[C@@H](O)[C@H](C)O1. The second-order valence-electron chi connectivity index (χ2n) is 3.75. The Hall–Kier alpha value is -0.120. The van der Waals surface area contributed by atoms with E-state index in [2.05, 4.69) is 6.92 Å². The minimum atomic E-state index is -0.474. The molecule has 0 saturated carbocycles. The lowest BCUT2D eigenvalue weighted by Crippen LogP contribution is -2.47. The van der Waals surface area contributed by atoms with Gasteiger partial charge in [0.2, 0.25) is 0 Å². The Morgan fingerprint density at radius 2 is 2.23 bits per heavy atom. The van der Waals surface area contributed by atoms with Gasteiger partial charge in [-0.15, -0.1) is 0 Å². The lowest BCUT2D eigenvalue weighted by atomic mass is 9.96. The van der Waals surface area contributed by atoms with Crippen LogP contribution in [0.15, 0.2) is 0 Å². The largest absolute Gasteiger partial charge is 0.388 e. The smallest absolute Gasteiger partial charge is 0.106 e. The Balaban J connectivity index is 2.47. The molecule has 0 radical (unpaired) electrons. The van der Waals surface area contributed by atoms with E-state index in [9.17, 15) is 5.11 Å². The molecule has 0 aromatic heterocycles. The van der Waals surface area contributed by atoms with Crippen LogP contribution in [0.5, 0.6) is 0 Å². The van der Waals surface area contributed by atoms with Crippen LogP contribution in [0.25, 0.3) is 0 Å². The van der Waals surface area contributed by atoms with Crippen LogP contribution in [0.1, 0.15) is 33.1 Å². The molecular weight excluding hydrogens is 168 g/mol. The van der Waals surface area contributed by atoms with Crippen molar-refractivity contribution in [3.63, 3.8) is 0 Å². The zero-order valence-corrected chi connectivity index (χ0v) is 8.69. The highest BCUT2D eigenvalue weighted by atomic mass is 16.5. The van der Waals surface area contributed by atoms with Crippen LogP contribution in [-0.2, 0) is 9.47 Å². The second-order valence-corrected chi connectivity index (χ2v) is 3.75. The molecule has 1 heterocycles. The Morgan fingerprint density at radius 1 is 1.54 bits per heavy atom. The number of hydrogen-bond donors (Lipinski definition) is 1. The highest BCUT2D eigenvalue weighted by Gasteiger charge is 2.34. The maximum Gasteiger partial charge on any atom is 0.106 e. The summed E-state index contributed by atoms with van der Waals surface area (Å²) >= 11 is 0. The molecule has 0 aromatic rings. The summed E-state index contributed by atoms with van der Waals surface area (Å²) < 4.78 is 10.9. The van der Waals surface area contributed by atoms with Gasteiger partial charge >= 0.3 is 0 Å². The van der Waals surface area contributed by atoms with E-state index < -0.39 is 6.10 Å². The predicted molar refractivity (Wildman–Crippen MR) is 50.7 cm³/mol. The predicted octanol–water partition coefficient (Wildman–Crippen LogP) is 1.34. The zero-order chi connectivity index (χ0) is 9.84. The molecule has 0 aliphatic carbocycles. The molecule has 13 heavy (non-hydrogen) atoms. The van der Waals surface area contributed by atoms with Gasteiger partial charge in [-0.3, -0.25) is 0 Å². The summed E-state index contributed by atoms with van der Waals surface area (Å²) in [5, 5.41) is 9.67. The second kappa shape index (κ2) is 4.94. The van der Waals surface area contributed by atoms with E-state index >= 15 is 0 Å². The van der Waals surface area contributed by atoms with Crippen LogP contribution in [0.2, 0.25) is 0 Å². The Kier molecular flexibility index (Phi) is 4.16. The normalized spacial score (nSPS) is 40.6. The fourth-order valence-electron chi connectivity index (χ4n) is 1.88. The van der Waals surface area contributed by atoms with Crippen LogP contribution in [-0.4, -0.2) is 36.6 Å². The third-order valence-electron chi connectivity index (χ3n) is 2.68. The summed E-state index contributed by atoms with van der Waals surface area (Å²) in [7, 11) is 1.65. The molecule has 4 atom stereocenters. The first-order valence-corrected chi connectivity index (χ1v) is 5.05. The number of hydrogen-bond acceptors (Lipinski definition) is 3. The molecule has 1 fully saturated rings. The third-order valence-corrected chi connectivity index (χ3v) is 2.68. The highest BCUT2D eigenvalue weighted by molar-refractivity contribution is 4.83. The van der Waals surface area contributed by atoms with Crippen LogP contribution in [0.3, 0.4) is 0 Å². The van der Waals surface area contributed by atoms with Gasteiger partial charge in [-0.25, -0.2) is 0 Å². The Bertz CT molecular complexity index is 149. The average Bonchev–Trinajstić information content (AvgIpc) is 2.11. The monoisotopic (exact) mass is 188 g/mol. The number of rotatable bonds is 3. The van der Waals surface area contributed by atoms with E-state index in [1.54, 1.807) is 7.11 Å². The minimum absolute atomic E-state index is 0.0553.